The standard InChI is InChI=1S/C31H18N2S/c1-2-10-20-19(9-1)16-17-24-28(20)29-22-12-4-3-11-21(22)27-23-13-5-6-14-25(23)34-31(27)30(29)33(24)26-15-7-8-18-32-26/h1-18H. The van der Waals surface area contributed by atoms with E-state index in [1.807, 2.05) is 23.6 Å². The van der Waals surface area contributed by atoms with Gasteiger partial charge in [0.25, 0.3) is 0 Å². The Balaban J connectivity index is 1.80. The van der Waals surface area contributed by atoms with Crippen molar-refractivity contribution in [2.75, 3.05) is 0 Å². The van der Waals surface area contributed by atoms with Crippen LogP contribution in [0.4, 0.5) is 0 Å². The summed E-state index contributed by atoms with van der Waals surface area (Å²) in [5, 5.41) is 10.4. The first-order chi connectivity index (χ1) is 16.9. The monoisotopic (exact) mass is 450 g/mol. The van der Waals surface area contributed by atoms with Crippen LogP contribution in [0.25, 0.3) is 69.3 Å². The predicted molar refractivity (Wildman–Crippen MR) is 146 cm³/mol. The van der Waals surface area contributed by atoms with Crippen LogP contribution in [0.3, 0.4) is 0 Å². The molecule has 5 aromatic carbocycles. The van der Waals surface area contributed by atoms with Crippen LogP contribution in [0.2, 0.25) is 0 Å². The molecule has 3 heteroatoms. The quantitative estimate of drug-likeness (QED) is 0.244. The Morgan fingerprint density at radius 3 is 2.09 bits per heavy atom. The Morgan fingerprint density at radius 2 is 1.26 bits per heavy atom. The molecule has 0 unspecified atom stereocenters. The van der Waals surface area contributed by atoms with E-state index in [4.69, 9.17) is 4.98 Å². The summed E-state index contributed by atoms with van der Waals surface area (Å²) < 4.78 is 5.01. The summed E-state index contributed by atoms with van der Waals surface area (Å²) in [7, 11) is 0. The van der Waals surface area contributed by atoms with Crippen LogP contribution in [-0.4, -0.2) is 9.55 Å². The van der Waals surface area contributed by atoms with E-state index < -0.39 is 0 Å². The van der Waals surface area contributed by atoms with Gasteiger partial charge in [0, 0.05) is 32.4 Å². The molecule has 2 nitrogen and oxygen atoms in total. The van der Waals surface area contributed by atoms with Crippen LogP contribution in [0.15, 0.2) is 109 Å². The second-order valence-electron chi connectivity index (χ2n) is 8.78. The molecule has 0 saturated heterocycles. The summed E-state index contributed by atoms with van der Waals surface area (Å²) in [5.74, 6) is 0.951. The molecular formula is C31H18N2S. The summed E-state index contributed by atoms with van der Waals surface area (Å²) >= 11 is 1.89. The SMILES string of the molecule is c1ccc(-n2c3ccc4ccccc4c3c3c4ccccc4c4c5ccccc5sc4c32)nc1. The Hall–Kier alpha value is -4.21. The second kappa shape index (κ2) is 6.66. The maximum Gasteiger partial charge on any atom is 0.137 e. The first kappa shape index (κ1) is 18.2. The molecule has 8 rings (SSSR count). The van der Waals surface area contributed by atoms with Gasteiger partial charge >= 0.3 is 0 Å². The largest absolute Gasteiger partial charge is 0.292 e. The molecular weight excluding hydrogens is 432 g/mol. The van der Waals surface area contributed by atoms with Crippen LogP contribution < -0.4 is 0 Å². The number of benzene rings is 5. The lowest BCUT2D eigenvalue weighted by Crippen LogP contribution is -1.96. The fourth-order valence-corrected chi connectivity index (χ4v) is 6.92. The highest BCUT2D eigenvalue weighted by Gasteiger charge is 2.22. The van der Waals surface area contributed by atoms with Crippen molar-refractivity contribution in [3.63, 3.8) is 0 Å². The van der Waals surface area contributed by atoms with E-state index in [0.717, 1.165) is 5.82 Å². The minimum atomic E-state index is 0.951. The third-order valence-electron chi connectivity index (χ3n) is 7.01. The molecule has 3 heterocycles. The Labute approximate surface area is 199 Å². The lowest BCUT2D eigenvalue weighted by molar-refractivity contribution is 1.09. The molecule has 158 valence electrons. The van der Waals surface area contributed by atoms with Crippen LogP contribution in [0.1, 0.15) is 0 Å². The number of hydrogen-bond donors (Lipinski definition) is 0. The number of fused-ring (bicyclic) bond motifs is 12. The van der Waals surface area contributed by atoms with Gasteiger partial charge < -0.3 is 0 Å². The van der Waals surface area contributed by atoms with Crippen molar-refractivity contribution in [3.8, 4) is 5.82 Å². The molecule has 0 aliphatic rings. The van der Waals surface area contributed by atoms with E-state index >= 15 is 0 Å². The van der Waals surface area contributed by atoms with Crippen LogP contribution >= 0.6 is 11.3 Å². The highest BCUT2D eigenvalue weighted by molar-refractivity contribution is 7.27. The van der Waals surface area contributed by atoms with Crippen molar-refractivity contribution < 1.29 is 0 Å². The van der Waals surface area contributed by atoms with E-state index in [-0.39, 0.29) is 0 Å². The van der Waals surface area contributed by atoms with Crippen molar-refractivity contribution in [1.82, 2.24) is 9.55 Å². The fraction of sp³-hybridized carbons (Fsp3) is 0. The number of aromatic nitrogens is 2. The van der Waals surface area contributed by atoms with Gasteiger partial charge in [-0.1, -0.05) is 78.9 Å². The van der Waals surface area contributed by atoms with Gasteiger partial charge in [-0.25, -0.2) is 4.98 Å². The van der Waals surface area contributed by atoms with Crippen molar-refractivity contribution in [1.29, 1.82) is 0 Å². The van der Waals surface area contributed by atoms with E-state index in [9.17, 15) is 0 Å². The van der Waals surface area contributed by atoms with Gasteiger partial charge in [-0.15, -0.1) is 11.3 Å². The van der Waals surface area contributed by atoms with Crippen LogP contribution in [0.5, 0.6) is 0 Å². The zero-order valence-corrected chi connectivity index (χ0v) is 19.0. The fourth-order valence-electron chi connectivity index (χ4n) is 5.66. The molecule has 8 aromatic rings. The summed E-state index contributed by atoms with van der Waals surface area (Å²) in [4.78, 5) is 4.81. The number of hydrogen-bond acceptors (Lipinski definition) is 2. The van der Waals surface area contributed by atoms with Gasteiger partial charge in [-0.05, 0) is 45.8 Å². The van der Waals surface area contributed by atoms with E-state index in [0.29, 0.717) is 0 Å². The first-order valence-corrected chi connectivity index (χ1v) is 12.3. The highest BCUT2D eigenvalue weighted by atomic mass is 32.1. The summed E-state index contributed by atoms with van der Waals surface area (Å²) in [5.41, 5.74) is 2.45. The molecule has 0 amide bonds. The Kier molecular flexibility index (Phi) is 3.57. The topological polar surface area (TPSA) is 17.8 Å². The Morgan fingerprint density at radius 1 is 0.559 bits per heavy atom. The second-order valence-corrected chi connectivity index (χ2v) is 9.83. The van der Waals surface area contributed by atoms with Crippen molar-refractivity contribution >= 4 is 74.9 Å². The molecule has 0 aliphatic heterocycles. The van der Waals surface area contributed by atoms with Crippen LogP contribution in [0, 0.1) is 0 Å². The van der Waals surface area contributed by atoms with E-state index in [1.54, 1.807) is 0 Å². The molecule has 34 heavy (non-hydrogen) atoms. The van der Waals surface area contributed by atoms with Crippen LogP contribution in [-0.2, 0) is 0 Å². The minimum absolute atomic E-state index is 0.951. The van der Waals surface area contributed by atoms with Gasteiger partial charge in [-0.3, -0.25) is 4.57 Å². The number of nitrogens with zero attached hydrogens (tertiary/aromatic N) is 2. The minimum Gasteiger partial charge on any atom is -0.292 e. The molecule has 0 fully saturated rings. The molecule has 0 atom stereocenters. The van der Waals surface area contributed by atoms with Crippen molar-refractivity contribution in [2.45, 2.75) is 0 Å². The highest BCUT2D eigenvalue weighted by Crippen LogP contribution is 2.48. The normalized spacial score (nSPS) is 12.1. The predicted octanol–water partition coefficient (Wildman–Crippen LogP) is 8.85. The first-order valence-electron chi connectivity index (χ1n) is 11.5. The van der Waals surface area contributed by atoms with Crippen molar-refractivity contribution in [2.24, 2.45) is 0 Å². The molecule has 0 spiro atoms. The van der Waals surface area contributed by atoms with Gasteiger partial charge in [-0.2, -0.15) is 0 Å². The third-order valence-corrected chi connectivity index (χ3v) is 8.19. The van der Waals surface area contributed by atoms with Gasteiger partial charge in [0.2, 0.25) is 0 Å². The number of thiophene rings is 1. The average Bonchev–Trinajstić information content (AvgIpc) is 3.46. The maximum atomic E-state index is 4.81. The number of pyridine rings is 1. The molecule has 0 bridgehead atoms. The zero-order chi connectivity index (χ0) is 22.2. The molecule has 0 radical (unpaired) electrons. The maximum absolute atomic E-state index is 4.81. The molecule has 0 aliphatic carbocycles. The van der Waals surface area contributed by atoms with Gasteiger partial charge in [0.05, 0.1) is 15.7 Å². The smallest absolute Gasteiger partial charge is 0.137 e. The van der Waals surface area contributed by atoms with E-state index in [2.05, 4.69) is 102 Å². The van der Waals surface area contributed by atoms with Gasteiger partial charge in [0.15, 0.2) is 0 Å². The Bertz CT molecular complexity index is 2060. The number of rotatable bonds is 1. The zero-order valence-electron chi connectivity index (χ0n) is 18.2. The summed E-state index contributed by atoms with van der Waals surface area (Å²) in [6.45, 7) is 0. The summed E-state index contributed by atoms with van der Waals surface area (Å²) in [6, 6.07) is 37.1. The molecule has 3 aromatic heterocycles. The van der Waals surface area contributed by atoms with Crippen molar-refractivity contribution in [3.05, 3.63) is 109 Å². The van der Waals surface area contributed by atoms with E-state index in [1.165, 1.54) is 63.5 Å². The average molecular weight is 451 g/mol. The van der Waals surface area contributed by atoms with Gasteiger partial charge in [0.1, 0.15) is 5.82 Å². The lowest BCUT2D eigenvalue weighted by atomic mass is 9.97. The lowest BCUT2D eigenvalue weighted by Gasteiger charge is -2.09. The summed E-state index contributed by atoms with van der Waals surface area (Å²) in [6.07, 6.45) is 1.89. The molecule has 0 N–H and O–H groups in total. The molecule has 0 saturated carbocycles. The third kappa shape index (κ3) is 2.27.